The first-order valence-corrected chi connectivity index (χ1v) is 7.72. The standard InChI is InChI=1S/C20H17NO4/c1-24-17-11-18(21-19(12-17)20(22)23)15-8-5-9-16(10-15)25-13-14-6-3-2-4-7-14/h2-12H,13H2,1H3,(H,22,23). The molecule has 0 aliphatic rings. The van der Waals surface area contributed by atoms with Crippen molar-refractivity contribution in [2.75, 3.05) is 7.11 Å². The first-order valence-electron chi connectivity index (χ1n) is 7.72. The Morgan fingerprint density at radius 3 is 2.52 bits per heavy atom. The van der Waals surface area contributed by atoms with Gasteiger partial charge in [0.1, 0.15) is 18.1 Å². The highest BCUT2D eigenvalue weighted by molar-refractivity contribution is 5.86. The Balaban J connectivity index is 1.86. The summed E-state index contributed by atoms with van der Waals surface area (Å²) in [5.41, 5.74) is 2.28. The predicted molar refractivity (Wildman–Crippen MR) is 94.0 cm³/mol. The third kappa shape index (κ3) is 4.14. The van der Waals surface area contributed by atoms with Gasteiger partial charge in [-0.1, -0.05) is 42.5 Å². The van der Waals surface area contributed by atoms with Gasteiger partial charge in [0, 0.05) is 17.7 Å². The number of hydrogen-bond donors (Lipinski definition) is 1. The van der Waals surface area contributed by atoms with Crippen LogP contribution in [0.3, 0.4) is 0 Å². The van der Waals surface area contributed by atoms with E-state index in [0.717, 1.165) is 11.1 Å². The zero-order valence-electron chi connectivity index (χ0n) is 13.7. The van der Waals surface area contributed by atoms with Crippen LogP contribution in [0.15, 0.2) is 66.7 Å². The van der Waals surface area contributed by atoms with Gasteiger partial charge in [0.05, 0.1) is 12.8 Å². The van der Waals surface area contributed by atoms with Crippen molar-refractivity contribution < 1.29 is 19.4 Å². The van der Waals surface area contributed by atoms with Gasteiger partial charge in [0.2, 0.25) is 0 Å². The monoisotopic (exact) mass is 335 g/mol. The maximum absolute atomic E-state index is 11.2. The Kier molecular flexibility index (Phi) is 4.95. The van der Waals surface area contributed by atoms with Gasteiger partial charge in [0.25, 0.3) is 0 Å². The quantitative estimate of drug-likeness (QED) is 0.736. The van der Waals surface area contributed by atoms with E-state index in [9.17, 15) is 9.90 Å². The molecule has 126 valence electrons. The number of carbonyl (C=O) groups is 1. The number of methoxy groups -OCH3 is 1. The Morgan fingerprint density at radius 1 is 1.00 bits per heavy atom. The predicted octanol–water partition coefficient (Wildman–Crippen LogP) is 4.03. The first kappa shape index (κ1) is 16.5. The highest BCUT2D eigenvalue weighted by Gasteiger charge is 2.11. The molecular weight excluding hydrogens is 318 g/mol. The number of ether oxygens (including phenoxy) is 2. The molecule has 0 bridgehead atoms. The maximum Gasteiger partial charge on any atom is 0.354 e. The van der Waals surface area contributed by atoms with Gasteiger partial charge in [-0.25, -0.2) is 9.78 Å². The third-order valence-corrected chi connectivity index (χ3v) is 3.63. The van der Waals surface area contributed by atoms with E-state index < -0.39 is 5.97 Å². The summed E-state index contributed by atoms with van der Waals surface area (Å²) in [5.74, 6) is 0.0255. The summed E-state index contributed by atoms with van der Waals surface area (Å²) in [7, 11) is 1.49. The van der Waals surface area contributed by atoms with Crippen LogP contribution in [-0.4, -0.2) is 23.2 Å². The van der Waals surface area contributed by atoms with Gasteiger partial charge >= 0.3 is 5.97 Å². The fourth-order valence-corrected chi connectivity index (χ4v) is 2.37. The molecule has 0 fully saturated rings. The molecule has 0 aliphatic heterocycles. The van der Waals surface area contributed by atoms with Crippen LogP contribution in [0.1, 0.15) is 16.1 Å². The molecule has 3 aromatic rings. The summed E-state index contributed by atoms with van der Waals surface area (Å²) in [6, 6.07) is 20.3. The normalized spacial score (nSPS) is 10.3. The summed E-state index contributed by atoms with van der Waals surface area (Å²) in [5, 5.41) is 9.20. The topological polar surface area (TPSA) is 68.7 Å². The number of pyridine rings is 1. The molecule has 0 spiro atoms. The highest BCUT2D eigenvalue weighted by atomic mass is 16.5. The number of benzene rings is 2. The van der Waals surface area contributed by atoms with Crippen LogP contribution < -0.4 is 9.47 Å². The fourth-order valence-electron chi connectivity index (χ4n) is 2.37. The molecule has 1 aromatic heterocycles. The summed E-state index contributed by atoms with van der Waals surface area (Å²) in [4.78, 5) is 15.4. The van der Waals surface area contributed by atoms with Crippen LogP contribution in [0.25, 0.3) is 11.3 Å². The lowest BCUT2D eigenvalue weighted by Gasteiger charge is -2.09. The summed E-state index contributed by atoms with van der Waals surface area (Å²) < 4.78 is 11.0. The van der Waals surface area contributed by atoms with Gasteiger partial charge in [-0.05, 0) is 17.7 Å². The van der Waals surface area contributed by atoms with Gasteiger partial charge < -0.3 is 14.6 Å². The second-order valence-electron chi connectivity index (χ2n) is 5.38. The van der Waals surface area contributed by atoms with Crippen molar-refractivity contribution >= 4 is 5.97 Å². The number of hydrogen-bond acceptors (Lipinski definition) is 4. The summed E-state index contributed by atoms with van der Waals surface area (Å²) in [6.07, 6.45) is 0. The van der Waals surface area contributed by atoms with Crippen LogP contribution in [0.2, 0.25) is 0 Å². The Labute approximate surface area is 145 Å². The maximum atomic E-state index is 11.2. The van der Waals surface area contributed by atoms with Gasteiger partial charge in [-0.3, -0.25) is 0 Å². The molecular formula is C20H17NO4. The number of carboxylic acid groups (broad SMARTS) is 1. The Hall–Kier alpha value is -3.34. The van der Waals surface area contributed by atoms with Crippen LogP contribution in [0.5, 0.6) is 11.5 Å². The second-order valence-corrected chi connectivity index (χ2v) is 5.38. The van der Waals surface area contributed by atoms with Gasteiger partial charge in [0.15, 0.2) is 5.69 Å². The average Bonchev–Trinajstić information content (AvgIpc) is 2.67. The Morgan fingerprint density at radius 2 is 1.80 bits per heavy atom. The molecule has 0 aliphatic carbocycles. The van der Waals surface area contributed by atoms with E-state index in [1.807, 2.05) is 54.6 Å². The second kappa shape index (κ2) is 7.49. The average molecular weight is 335 g/mol. The largest absolute Gasteiger partial charge is 0.497 e. The van der Waals surface area contributed by atoms with E-state index in [-0.39, 0.29) is 5.69 Å². The zero-order valence-corrected chi connectivity index (χ0v) is 13.7. The van der Waals surface area contributed by atoms with E-state index in [4.69, 9.17) is 9.47 Å². The van der Waals surface area contributed by atoms with E-state index >= 15 is 0 Å². The van der Waals surface area contributed by atoms with Crippen LogP contribution in [0.4, 0.5) is 0 Å². The lowest BCUT2D eigenvalue weighted by atomic mass is 10.1. The molecule has 5 heteroatoms. The van der Waals surface area contributed by atoms with Gasteiger partial charge in [-0.2, -0.15) is 0 Å². The van der Waals surface area contributed by atoms with Crippen molar-refractivity contribution in [3.63, 3.8) is 0 Å². The SMILES string of the molecule is COc1cc(C(=O)O)nc(-c2cccc(OCc3ccccc3)c2)c1. The molecule has 1 N–H and O–H groups in total. The van der Waals surface area contributed by atoms with Gasteiger partial charge in [-0.15, -0.1) is 0 Å². The summed E-state index contributed by atoms with van der Waals surface area (Å²) >= 11 is 0. The third-order valence-electron chi connectivity index (χ3n) is 3.63. The lowest BCUT2D eigenvalue weighted by Crippen LogP contribution is -2.02. The summed E-state index contributed by atoms with van der Waals surface area (Å²) in [6.45, 7) is 0.455. The molecule has 1 heterocycles. The smallest absolute Gasteiger partial charge is 0.354 e. The van der Waals surface area contributed by atoms with Crippen molar-refractivity contribution in [2.45, 2.75) is 6.61 Å². The molecule has 0 saturated heterocycles. The Bertz CT molecular complexity index is 878. The minimum atomic E-state index is -1.10. The number of aromatic nitrogens is 1. The molecule has 5 nitrogen and oxygen atoms in total. The van der Waals surface area contributed by atoms with E-state index in [1.165, 1.54) is 13.2 Å². The number of carboxylic acids is 1. The minimum absolute atomic E-state index is 0.0649. The molecule has 0 radical (unpaired) electrons. The minimum Gasteiger partial charge on any atom is -0.497 e. The number of aromatic carboxylic acids is 1. The number of rotatable bonds is 6. The first-order chi connectivity index (χ1) is 12.2. The molecule has 0 atom stereocenters. The zero-order chi connectivity index (χ0) is 17.6. The van der Waals surface area contributed by atoms with E-state index in [0.29, 0.717) is 23.8 Å². The van der Waals surface area contributed by atoms with Crippen LogP contribution in [-0.2, 0) is 6.61 Å². The van der Waals surface area contributed by atoms with Crippen molar-refractivity contribution in [3.8, 4) is 22.8 Å². The van der Waals surface area contributed by atoms with Crippen molar-refractivity contribution in [1.29, 1.82) is 0 Å². The van der Waals surface area contributed by atoms with Crippen molar-refractivity contribution in [3.05, 3.63) is 78.0 Å². The van der Waals surface area contributed by atoms with Crippen molar-refractivity contribution in [2.24, 2.45) is 0 Å². The lowest BCUT2D eigenvalue weighted by molar-refractivity contribution is 0.0690. The molecule has 0 unspecified atom stereocenters. The van der Waals surface area contributed by atoms with Crippen LogP contribution in [0, 0.1) is 0 Å². The number of nitrogens with zero attached hydrogens (tertiary/aromatic N) is 1. The fraction of sp³-hybridized carbons (Fsp3) is 0.100. The molecule has 0 saturated carbocycles. The molecule has 25 heavy (non-hydrogen) atoms. The highest BCUT2D eigenvalue weighted by Crippen LogP contribution is 2.26. The van der Waals surface area contributed by atoms with E-state index in [1.54, 1.807) is 6.07 Å². The molecule has 2 aromatic carbocycles. The van der Waals surface area contributed by atoms with Crippen LogP contribution >= 0.6 is 0 Å². The van der Waals surface area contributed by atoms with Crippen molar-refractivity contribution in [1.82, 2.24) is 4.98 Å². The van der Waals surface area contributed by atoms with E-state index in [2.05, 4.69) is 4.98 Å². The molecule has 0 amide bonds. The molecule has 3 rings (SSSR count).